The molecule has 2 fully saturated rings. The van der Waals surface area contributed by atoms with Crippen LogP contribution >= 0.6 is 12.4 Å². The number of hydrogen-bond acceptors (Lipinski definition) is 4. The largest absolute Gasteiger partial charge is 0.497 e. The van der Waals surface area contributed by atoms with E-state index in [2.05, 4.69) is 22.1 Å². The van der Waals surface area contributed by atoms with Gasteiger partial charge in [-0.05, 0) is 25.6 Å². The number of halogens is 1. The van der Waals surface area contributed by atoms with Crippen LogP contribution in [0, 0.1) is 0 Å². The van der Waals surface area contributed by atoms with E-state index in [1.165, 1.54) is 0 Å². The van der Waals surface area contributed by atoms with E-state index in [4.69, 9.17) is 4.74 Å². The first kappa shape index (κ1) is 15.1. The number of ether oxygens (including phenoxy) is 1. The fourth-order valence-corrected chi connectivity index (χ4v) is 3.54. The van der Waals surface area contributed by atoms with Crippen LogP contribution in [-0.2, 0) is 0 Å². The Morgan fingerprint density at radius 3 is 2.82 bits per heavy atom. The molecule has 0 aliphatic carbocycles. The maximum absolute atomic E-state index is 12.8. The van der Waals surface area contributed by atoms with E-state index in [1.807, 2.05) is 23.1 Å². The molecule has 2 aromatic rings. The minimum atomic E-state index is 0. The Bertz CT molecular complexity index is 715. The van der Waals surface area contributed by atoms with Gasteiger partial charge in [0.2, 0.25) is 0 Å². The topological polar surface area (TPSA) is 61.5 Å². The number of nitrogens with one attached hydrogen (secondary N) is 1. The maximum Gasteiger partial charge on any atom is 0.275 e. The summed E-state index contributed by atoms with van der Waals surface area (Å²) in [6, 6.07) is 6.45. The van der Waals surface area contributed by atoms with Gasteiger partial charge in [0.25, 0.3) is 5.91 Å². The molecule has 1 aromatic heterocycles. The first-order valence-corrected chi connectivity index (χ1v) is 7.20. The van der Waals surface area contributed by atoms with Gasteiger partial charge in [-0.2, -0.15) is 5.10 Å². The second-order valence-corrected chi connectivity index (χ2v) is 5.92. The summed E-state index contributed by atoms with van der Waals surface area (Å²) in [7, 11) is 3.75. The van der Waals surface area contributed by atoms with Gasteiger partial charge in [0.1, 0.15) is 5.75 Å². The van der Waals surface area contributed by atoms with Crippen LogP contribution < -0.4 is 4.74 Å². The second-order valence-electron chi connectivity index (χ2n) is 5.92. The van der Waals surface area contributed by atoms with Crippen LogP contribution in [0.5, 0.6) is 5.75 Å². The molecule has 1 N–H and O–H groups in total. The van der Waals surface area contributed by atoms with Gasteiger partial charge in [-0.15, -0.1) is 12.4 Å². The average molecular weight is 323 g/mol. The smallest absolute Gasteiger partial charge is 0.275 e. The highest BCUT2D eigenvalue weighted by Gasteiger charge is 2.44. The summed E-state index contributed by atoms with van der Waals surface area (Å²) in [5, 5.41) is 8.02. The van der Waals surface area contributed by atoms with Gasteiger partial charge in [0.15, 0.2) is 5.69 Å². The number of H-pyrrole nitrogens is 1. The second kappa shape index (κ2) is 5.44. The first-order chi connectivity index (χ1) is 10.2. The molecule has 1 amide bonds. The molecule has 0 saturated carbocycles. The number of amides is 1. The van der Waals surface area contributed by atoms with E-state index < -0.39 is 0 Å². The van der Waals surface area contributed by atoms with Crippen molar-refractivity contribution in [3.8, 4) is 5.75 Å². The molecule has 22 heavy (non-hydrogen) atoms. The van der Waals surface area contributed by atoms with E-state index in [-0.39, 0.29) is 18.3 Å². The lowest BCUT2D eigenvalue weighted by Gasteiger charge is -2.31. The quantitative estimate of drug-likeness (QED) is 0.910. The van der Waals surface area contributed by atoms with Crippen molar-refractivity contribution in [1.29, 1.82) is 0 Å². The molecule has 2 bridgehead atoms. The van der Waals surface area contributed by atoms with Crippen molar-refractivity contribution < 1.29 is 9.53 Å². The Kier molecular flexibility index (Phi) is 3.74. The van der Waals surface area contributed by atoms with Gasteiger partial charge >= 0.3 is 0 Å². The van der Waals surface area contributed by atoms with Crippen LogP contribution in [-0.4, -0.2) is 65.2 Å². The van der Waals surface area contributed by atoms with Crippen LogP contribution in [0.1, 0.15) is 16.9 Å². The number of piperazine rings is 1. The van der Waals surface area contributed by atoms with Gasteiger partial charge in [0.05, 0.1) is 12.6 Å². The van der Waals surface area contributed by atoms with Crippen LogP contribution in [0.2, 0.25) is 0 Å². The molecule has 118 valence electrons. The zero-order valence-electron chi connectivity index (χ0n) is 12.6. The van der Waals surface area contributed by atoms with E-state index in [0.29, 0.717) is 17.8 Å². The number of carbonyl (C=O) groups excluding carboxylic acids is 1. The number of carbonyl (C=O) groups is 1. The third kappa shape index (κ3) is 2.14. The summed E-state index contributed by atoms with van der Waals surface area (Å²) in [6.45, 7) is 1.77. The van der Waals surface area contributed by atoms with E-state index >= 15 is 0 Å². The van der Waals surface area contributed by atoms with Crippen LogP contribution in [0.15, 0.2) is 18.2 Å². The number of aromatic nitrogens is 2. The maximum atomic E-state index is 12.8. The molecule has 7 heteroatoms. The third-order valence-electron chi connectivity index (χ3n) is 4.75. The van der Waals surface area contributed by atoms with Crippen LogP contribution in [0.3, 0.4) is 0 Å². The third-order valence-corrected chi connectivity index (χ3v) is 4.75. The van der Waals surface area contributed by atoms with Crippen molar-refractivity contribution >= 4 is 29.2 Å². The van der Waals surface area contributed by atoms with Crippen molar-refractivity contribution in [2.45, 2.75) is 18.5 Å². The predicted octanol–water partition coefficient (Wildman–Crippen LogP) is 1.52. The monoisotopic (exact) mass is 322 g/mol. The fourth-order valence-electron chi connectivity index (χ4n) is 3.54. The Morgan fingerprint density at radius 2 is 2.18 bits per heavy atom. The standard InChI is InChI=1S/C15H18N4O2.ClH/c1-18-7-10-5-9(18)8-19(10)15(20)14-12-4-3-11(21-2)6-13(12)16-17-14;/h3-4,6,9-10H,5,7-8H2,1-2H3,(H,16,17);1H/t9-,10-;/m0./s1. The fraction of sp³-hybridized carbons (Fsp3) is 0.467. The zero-order valence-corrected chi connectivity index (χ0v) is 13.4. The summed E-state index contributed by atoms with van der Waals surface area (Å²) < 4.78 is 5.20. The SMILES string of the molecule is COc1ccc2c(C(=O)N3C[C@@H]4C[C@H]3CN4C)n[nH]c2c1.Cl. The number of likely N-dealkylation sites (N-methyl/N-ethyl adjacent to an activating group) is 1. The summed E-state index contributed by atoms with van der Waals surface area (Å²) in [4.78, 5) is 17.1. The molecule has 2 aliphatic rings. The number of nitrogens with zero attached hydrogens (tertiary/aromatic N) is 3. The molecule has 0 radical (unpaired) electrons. The Hall–Kier alpha value is -1.79. The van der Waals surface area contributed by atoms with Gasteiger partial charge in [-0.25, -0.2) is 0 Å². The minimum Gasteiger partial charge on any atom is -0.497 e. The lowest BCUT2D eigenvalue weighted by atomic mass is 10.1. The lowest BCUT2D eigenvalue weighted by molar-refractivity contribution is 0.0646. The van der Waals surface area contributed by atoms with Crippen LogP contribution in [0.4, 0.5) is 0 Å². The van der Waals surface area contributed by atoms with Gasteiger partial charge in [-0.1, -0.05) is 0 Å². The number of hydrogen-bond donors (Lipinski definition) is 1. The molecule has 6 nitrogen and oxygen atoms in total. The summed E-state index contributed by atoms with van der Waals surface area (Å²) >= 11 is 0. The molecule has 0 spiro atoms. The Labute approximate surface area is 134 Å². The molecule has 0 unspecified atom stereocenters. The van der Waals surface area contributed by atoms with E-state index in [0.717, 1.165) is 36.2 Å². The molecule has 2 saturated heterocycles. The molecule has 2 aliphatic heterocycles. The highest BCUT2D eigenvalue weighted by Crippen LogP contribution is 2.31. The Balaban J connectivity index is 0.00000144. The minimum absolute atomic E-state index is 0. The van der Waals surface area contributed by atoms with Crippen molar-refractivity contribution in [2.24, 2.45) is 0 Å². The zero-order chi connectivity index (χ0) is 14.6. The number of benzene rings is 1. The number of likely N-dealkylation sites (tertiary alicyclic amines) is 2. The molecule has 1 aromatic carbocycles. The number of rotatable bonds is 2. The molecule has 3 heterocycles. The highest BCUT2D eigenvalue weighted by molar-refractivity contribution is 6.05. The first-order valence-electron chi connectivity index (χ1n) is 7.20. The lowest BCUT2D eigenvalue weighted by Crippen LogP contribution is -2.47. The van der Waals surface area contributed by atoms with Crippen molar-refractivity contribution in [1.82, 2.24) is 20.0 Å². The van der Waals surface area contributed by atoms with Crippen molar-refractivity contribution in [2.75, 3.05) is 27.2 Å². The molecular weight excluding hydrogens is 304 g/mol. The predicted molar refractivity (Wildman–Crippen MR) is 85.8 cm³/mol. The Morgan fingerprint density at radius 1 is 1.36 bits per heavy atom. The van der Waals surface area contributed by atoms with Gasteiger partial charge in [-0.3, -0.25) is 14.8 Å². The van der Waals surface area contributed by atoms with Gasteiger partial charge in [0, 0.05) is 36.6 Å². The van der Waals surface area contributed by atoms with Gasteiger partial charge < -0.3 is 9.64 Å². The van der Waals surface area contributed by atoms with Crippen molar-refractivity contribution in [3.63, 3.8) is 0 Å². The number of methoxy groups -OCH3 is 1. The highest BCUT2D eigenvalue weighted by atomic mass is 35.5. The molecular formula is C15H19ClN4O2. The van der Waals surface area contributed by atoms with E-state index in [1.54, 1.807) is 7.11 Å². The van der Waals surface area contributed by atoms with Crippen molar-refractivity contribution in [3.05, 3.63) is 23.9 Å². The summed E-state index contributed by atoms with van der Waals surface area (Å²) in [5.41, 5.74) is 1.35. The average Bonchev–Trinajstić information content (AvgIpc) is 3.18. The summed E-state index contributed by atoms with van der Waals surface area (Å²) in [6.07, 6.45) is 1.08. The van der Waals surface area contributed by atoms with E-state index in [9.17, 15) is 4.79 Å². The van der Waals surface area contributed by atoms with Crippen LogP contribution in [0.25, 0.3) is 10.9 Å². The molecule has 4 rings (SSSR count). The summed E-state index contributed by atoms with van der Waals surface area (Å²) in [5.74, 6) is 0.791. The molecule has 2 atom stereocenters. The number of fused-ring (bicyclic) bond motifs is 3. The normalized spacial score (nSPS) is 23.8. The number of aromatic amines is 1.